The van der Waals surface area contributed by atoms with Crippen LogP contribution >= 0.6 is 44.1 Å². The monoisotopic (exact) mass is 498 g/mol. The van der Waals surface area contributed by atoms with E-state index in [2.05, 4.69) is 61.5 Å². The molecule has 0 radical (unpaired) electrons. The highest BCUT2D eigenvalue weighted by molar-refractivity contribution is 9.11. The number of unbranched alkanes of at least 4 members (excludes halogenated alkanes) is 1. The molecule has 138 valence electrons. The van der Waals surface area contributed by atoms with E-state index in [-0.39, 0.29) is 11.0 Å². The number of hydrogen-bond acceptors (Lipinski definition) is 3. The van der Waals surface area contributed by atoms with Gasteiger partial charge in [-0.15, -0.1) is 0 Å². The maximum atomic E-state index is 12.5. The normalized spacial score (nSPS) is 10.3. The van der Waals surface area contributed by atoms with Gasteiger partial charge in [-0.25, -0.2) is 0 Å². The Bertz CT molecular complexity index is 795. The quantitative estimate of drug-likeness (QED) is 0.501. The van der Waals surface area contributed by atoms with E-state index in [0.29, 0.717) is 15.8 Å². The zero-order valence-electron chi connectivity index (χ0n) is 14.6. The predicted octanol–water partition coefficient (Wildman–Crippen LogP) is 5.69. The van der Waals surface area contributed by atoms with Gasteiger partial charge in [-0.2, -0.15) is 0 Å². The van der Waals surface area contributed by atoms with E-state index in [9.17, 15) is 4.79 Å². The number of ether oxygens (including phenoxy) is 1. The maximum Gasteiger partial charge on any atom is 0.261 e. The summed E-state index contributed by atoms with van der Waals surface area (Å²) in [5, 5.41) is 5.94. The first-order valence-corrected chi connectivity index (χ1v) is 10.2. The van der Waals surface area contributed by atoms with E-state index in [1.807, 2.05) is 18.2 Å². The van der Waals surface area contributed by atoms with Crippen LogP contribution in [0.3, 0.4) is 0 Å². The Balaban J connectivity index is 2.02. The summed E-state index contributed by atoms with van der Waals surface area (Å²) in [4.78, 5) is 12.5. The average Bonchev–Trinajstić information content (AvgIpc) is 2.60. The average molecular weight is 500 g/mol. The summed E-state index contributed by atoms with van der Waals surface area (Å²) in [6.07, 6.45) is 3.41. The van der Waals surface area contributed by atoms with E-state index in [1.165, 1.54) is 25.5 Å². The number of hydrogen-bond donors (Lipinski definition) is 2. The highest BCUT2D eigenvalue weighted by Gasteiger charge is 2.17. The van der Waals surface area contributed by atoms with Gasteiger partial charge in [0.15, 0.2) is 5.11 Å². The van der Waals surface area contributed by atoms with Crippen molar-refractivity contribution in [3.63, 3.8) is 0 Å². The minimum Gasteiger partial charge on any atom is -0.495 e. The number of halogens is 2. The van der Waals surface area contributed by atoms with Crippen molar-refractivity contribution in [2.45, 2.75) is 26.2 Å². The molecular formula is C19H20Br2N2O2S. The number of carbonyl (C=O) groups excluding carboxylic acids is 1. The number of amides is 1. The van der Waals surface area contributed by atoms with Gasteiger partial charge in [0.05, 0.1) is 17.1 Å². The van der Waals surface area contributed by atoms with E-state index < -0.39 is 0 Å². The van der Waals surface area contributed by atoms with Gasteiger partial charge in [0.25, 0.3) is 5.91 Å². The molecule has 2 aromatic carbocycles. The summed E-state index contributed by atoms with van der Waals surface area (Å²) in [6, 6.07) is 11.5. The lowest BCUT2D eigenvalue weighted by Crippen LogP contribution is -2.34. The number of methoxy groups -OCH3 is 1. The van der Waals surface area contributed by atoms with Crippen molar-refractivity contribution >= 4 is 60.8 Å². The second-order valence-electron chi connectivity index (χ2n) is 5.68. The van der Waals surface area contributed by atoms with Crippen LogP contribution in [0.2, 0.25) is 0 Å². The molecule has 0 spiro atoms. The number of nitrogens with one attached hydrogen (secondary N) is 2. The Morgan fingerprint density at radius 3 is 2.50 bits per heavy atom. The lowest BCUT2D eigenvalue weighted by Gasteiger charge is -2.13. The van der Waals surface area contributed by atoms with Gasteiger partial charge in [-0.3, -0.25) is 10.1 Å². The molecule has 0 heterocycles. The van der Waals surface area contributed by atoms with Crippen molar-refractivity contribution < 1.29 is 9.53 Å². The molecule has 7 heteroatoms. The smallest absolute Gasteiger partial charge is 0.261 e. The van der Waals surface area contributed by atoms with Crippen LogP contribution in [0.25, 0.3) is 0 Å². The van der Waals surface area contributed by atoms with Crippen LogP contribution in [0, 0.1) is 0 Å². The lowest BCUT2D eigenvalue weighted by atomic mass is 10.1. The van der Waals surface area contributed by atoms with Crippen LogP contribution in [0.5, 0.6) is 5.75 Å². The Labute approximate surface area is 176 Å². The van der Waals surface area contributed by atoms with Crippen molar-refractivity contribution in [3.8, 4) is 5.75 Å². The van der Waals surface area contributed by atoms with Crippen molar-refractivity contribution in [1.82, 2.24) is 5.32 Å². The summed E-state index contributed by atoms with van der Waals surface area (Å²) < 4.78 is 6.75. The largest absolute Gasteiger partial charge is 0.495 e. The number of thiocarbonyl (C=S) groups is 1. The molecule has 0 fully saturated rings. The SMILES string of the molecule is CCCCc1ccc(NC(=S)NC(=O)c2cc(Br)cc(Br)c2OC)cc1. The summed E-state index contributed by atoms with van der Waals surface area (Å²) in [7, 11) is 1.52. The standard InChI is InChI=1S/C19H20Br2N2O2S/c1-3-4-5-12-6-8-14(9-7-12)22-19(26)23-18(24)15-10-13(20)11-16(21)17(15)25-2/h6-11H,3-5H2,1-2H3,(H2,22,23,24,26). The maximum absolute atomic E-state index is 12.5. The van der Waals surface area contributed by atoms with Crippen LogP contribution < -0.4 is 15.4 Å². The van der Waals surface area contributed by atoms with Crippen molar-refractivity contribution in [1.29, 1.82) is 0 Å². The van der Waals surface area contributed by atoms with Crippen LogP contribution in [-0.2, 0) is 6.42 Å². The van der Waals surface area contributed by atoms with Crippen LogP contribution in [0.4, 0.5) is 5.69 Å². The molecule has 0 saturated carbocycles. The Hall–Kier alpha value is -1.44. The Morgan fingerprint density at radius 2 is 1.88 bits per heavy atom. The highest BCUT2D eigenvalue weighted by atomic mass is 79.9. The zero-order chi connectivity index (χ0) is 19.1. The predicted molar refractivity (Wildman–Crippen MR) is 117 cm³/mol. The Morgan fingerprint density at radius 1 is 1.19 bits per heavy atom. The molecule has 2 aromatic rings. The molecule has 26 heavy (non-hydrogen) atoms. The lowest BCUT2D eigenvalue weighted by molar-refractivity contribution is 0.0974. The molecule has 0 aromatic heterocycles. The number of carbonyl (C=O) groups is 1. The molecule has 1 amide bonds. The van der Waals surface area contributed by atoms with Crippen molar-refractivity contribution in [2.75, 3.05) is 12.4 Å². The highest BCUT2D eigenvalue weighted by Crippen LogP contribution is 2.32. The number of benzene rings is 2. The minimum absolute atomic E-state index is 0.231. The Kier molecular flexibility index (Phi) is 8.06. The molecule has 0 unspecified atom stereocenters. The van der Waals surface area contributed by atoms with Gasteiger partial charge in [0.2, 0.25) is 0 Å². The molecular weight excluding hydrogens is 480 g/mol. The molecule has 0 aliphatic heterocycles. The molecule has 0 aliphatic rings. The van der Waals surface area contributed by atoms with Crippen LogP contribution in [0.15, 0.2) is 45.3 Å². The fourth-order valence-corrected chi connectivity index (χ4v) is 4.00. The van der Waals surface area contributed by atoms with E-state index >= 15 is 0 Å². The van der Waals surface area contributed by atoms with Gasteiger partial charge in [0, 0.05) is 10.2 Å². The van der Waals surface area contributed by atoms with E-state index in [4.69, 9.17) is 17.0 Å². The van der Waals surface area contributed by atoms with Gasteiger partial charge >= 0.3 is 0 Å². The topological polar surface area (TPSA) is 50.4 Å². The molecule has 0 aliphatic carbocycles. The summed E-state index contributed by atoms with van der Waals surface area (Å²) >= 11 is 12.0. The van der Waals surface area contributed by atoms with Crippen LogP contribution in [-0.4, -0.2) is 18.1 Å². The van der Waals surface area contributed by atoms with Gasteiger partial charge in [-0.05, 0) is 70.8 Å². The summed E-state index contributed by atoms with van der Waals surface area (Å²) in [6.45, 7) is 2.18. The second-order valence-corrected chi connectivity index (χ2v) is 7.86. The molecule has 4 nitrogen and oxygen atoms in total. The molecule has 2 N–H and O–H groups in total. The first-order chi connectivity index (χ1) is 12.4. The molecule has 0 saturated heterocycles. The first kappa shape index (κ1) is 20.9. The van der Waals surface area contributed by atoms with Gasteiger partial charge < -0.3 is 10.1 Å². The third kappa shape index (κ3) is 5.79. The number of anilines is 1. The molecule has 2 rings (SSSR count). The third-order valence-electron chi connectivity index (χ3n) is 3.71. The zero-order valence-corrected chi connectivity index (χ0v) is 18.6. The van der Waals surface area contributed by atoms with Crippen LogP contribution in [0.1, 0.15) is 35.7 Å². The van der Waals surface area contributed by atoms with Gasteiger partial charge in [-0.1, -0.05) is 41.4 Å². The molecule has 0 bridgehead atoms. The summed E-state index contributed by atoms with van der Waals surface area (Å²) in [5.74, 6) is 0.106. The fraction of sp³-hybridized carbons (Fsp3) is 0.263. The van der Waals surface area contributed by atoms with E-state index in [0.717, 1.165) is 16.6 Å². The first-order valence-electron chi connectivity index (χ1n) is 8.19. The van der Waals surface area contributed by atoms with Crippen molar-refractivity contribution in [3.05, 3.63) is 56.5 Å². The molecule has 0 atom stereocenters. The van der Waals surface area contributed by atoms with Crippen molar-refractivity contribution in [2.24, 2.45) is 0 Å². The van der Waals surface area contributed by atoms with Gasteiger partial charge in [0.1, 0.15) is 5.75 Å². The summed E-state index contributed by atoms with van der Waals surface area (Å²) in [5.41, 5.74) is 2.50. The number of rotatable bonds is 6. The fourth-order valence-electron chi connectivity index (χ4n) is 2.40. The minimum atomic E-state index is -0.346. The van der Waals surface area contributed by atoms with E-state index in [1.54, 1.807) is 6.07 Å². The third-order valence-corrected chi connectivity index (χ3v) is 4.97. The second kappa shape index (κ2) is 10.0. The number of aryl methyl sites for hydroxylation is 1.